The highest BCUT2D eigenvalue weighted by molar-refractivity contribution is 5.79. The lowest BCUT2D eigenvalue weighted by atomic mass is 10.0. The maximum Gasteiger partial charge on any atom is 0.410 e. The van der Waals surface area contributed by atoms with Gasteiger partial charge in [0.25, 0.3) is 11.4 Å². The Balaban J connectivity index is 2.90. The van der Waals surface area contributed by atoms with Gasteiger partial charge in [0.05, 0.1) is 15.9 Å². The summed E-state index contributed by atoms with van der Waals surface area (Å²) in [5.74, 6) is -1.17. The second-order valence-corrected chi connectivity index (χ2v) is 6.02. The van der Waals surface area contributed by atoms with Crippen LogP contribution >= 0.6 is 0 Å². The van der Waals surface area contributed by atoms with Crippen molar-refractivity contribution in [3.05, 3.63) is 44.0 Å². The van der Waals surface area contributed by atoms with Crippen LogP contribution in [0, 0.1) is 26.1 Å². The highest BCUT2D eigenvalue weighted by Crippen LogP contribution is 2.23. The average Bonchev–Trinajstić information content (AvgIpc) is 2.56. The predicted molar refractivity (Wildman–Crippen MR) is 88.6 cm³/mol. The van der Waals surface area contributed by atoms with E-state index in [1.165, 1.54) is 7.05 Å². The van der Waals surface area contributed by atoms with Gasteiger partial charge >= 0.3 is 12.1 Å². The van der Waals surface area contributed by atoms with Crippen molar-refractivity contribution in [2.24, 2.45) is 5.92 Å². The van der Waals surface area contributed by atoms with Gasteiger partial charge in [-0.15, -0.1) is 0 Å². The van der Waals surface area contributed by atoms with E-state index in [1.807, 2.05) is 0 Å². The first kappa shape index (κ1) is 20.8. The molecule has 1 atom stereocenters. The molecule has 0 saturated carbocycles. The molecule has 11 nitrogen and oxygen atoms in total. The molecule has 26 heavy (non-hydrogen) atoms. The van der Waals surface area contributed by atoms with Gasteiger partial charge in [-0.1, -0.05) is 13.8 Å². The second kappa shape index (κ2) is 8.74. The van der Waals surface area contributed by atoms with E-state index in [4.69, 9.17) is 4.74 Å². The molecule has 0 aromatic heterocycles. The van der Waals surface area contributed by atoms with Crippen molar-refractivity contribution in [2.75, 3.05) is 7.05 Å². The Kier molecular flexibility index (Phi) is 6.99. The maximum atomic E-state index is 12.1. The van der Waals surface area contributed by atoms with Crippen LogP contribution in [0.4, 0.5) is 16.2 Å². The lowest BCUT2D eigenvalue weighted by Gasteiger charge is -2.25. The molecule has 0 heterocycles. The van der Waals surface area contributed by atoms with E-state index in [0.717, 1.165) is 23.1 Å². The molecule has 0 radical (unpaired) electrons. The molecule has 142 valence electrons. The predicted octanol–water partition coefficient (Wildman–Crippen LogP) is 2.57. The smallest absolute Gasteiger partial charge is 0.410 e. The Morgan fingerprint density at radius 2 is 1.65 bits per heavy atom. The second-order valence-electron chi connectivity index (χ2n) is 6.02. The number of ether oxygens (including phenoxy) is 1. The van der Waals surface area contributed by atoms with E-state index in [-0.39, 0.29) is 17.9 Å². The fraction of sp³-hybridized carbons (Fsp3) is 0.467. The lowest BCUT2D eigenvalue weighted by molar-refractivity contribution is -0.394. The van der Waals surface area contributed by atoms with Crippen LogP contribution in [0.15, 0.2) is 18.2 Å². The topological polar surface area (TPSA) is 153 Å². The van der Waals surface area contributed by atoms with Gasteiger partial charge in [-0.25, -0.2) is 9.59 Å². The highest BCUT2D eigenvalue weighted by atomic mass is 16.6. The number of carbonyl (C=O) groups is 2. The molecule has 0 saturated heterocycles. The fourth-order valence-corrected chi connectivity index (χ4v) is 2.20. The number of nitro benzene ring substituents is 2. The van der Waals surface area contributed by atoms with Crippen LogP contribution in [0.2, 0.25) is 0 Å². The van der Waals surface area contributed by atoms with Crippen LogP contribution < -0.4 is 0 Å². The summed E-state index contributed by atoms with van der Waals surface area (Å²) in [5.41, 5.74) is -0.980. The first-order valence-electron chi connectivity index (χ1n) is 7.58. The minimum Gasteiger partial charge on any atom is -0.480 e. The van der Waals surface area contributed by atoms with Crippen LogP contribution in [-0.2, 0) is 16.1 Å². The van der Waals surface area contributed by atoms with E-state index >= 15 is 0 Å². The Hall–Kier alpha value is -3.24. The number of carboxylic acids is 1. The van der Waals surface area contributed by atoms with Gasteiger partial charge in [0.2, 0.25) is 0 Å². The summed E-state index contributed by atoms with van der Waals surface area (Å²) in [6.07, 6.45) is -0.740. The summed E-state index contributed by atoms with van der Waals surface area (Å²) in [4.78, 5) is 44.3. The van der Waals surface area contributed by atoms with Crippen molar-refractivity contribution < 1.29 is 29.3 Å². The van der Waals surface area contributed by atoms with Crippen molar-refractivity contribution in [3.63, 3.8) is 0 Å². The summed E-state index contributed by atoms with van der Waals surface area (Å²) < 4.78 is 4.95. The molecule has 0 spiro atoms. The lowest BCUT2D eigenvalue weighted by Crippen LogP contribution is -2.43. The summed E-state index contributed by atoms with van der Waals surface area (Å²) in [6, 6.07) is 1.79. The third kappa shape index (κ3) is 5.69. The molecule has 1 amide bonds. The Bertz CT molecular complexity index is 687. The number of aliphatic carboxylic acids is 1. The monoisotopic (exact) mass is 369 g/mol. The number of rotatable bonds is 8. The zero-order valence-corrected chi connectivity index (χ0v) is 14.4. The molecular weight excluding hydrogens is 350 g/mol. The molecular formula is C15H19N3O8. The van der Waals surface area contributed by atoms with E-state index < -0.39 is 45.9 Å². The van der Waals surface area contributed by atoms with Gasteiger partial charge in [-0.2, -0.15) is 0 Å². The normalized spacial score (nSPS) is 11.7. The van der Waals surface area contributed by atoms with E-state index in [9.17, 15) is 34.9 Å². The Labute approximate surface area is 148 Å². The quantitative estimate of drug-likeness (QED) is 0.542. The number of hydrogen-bond donors (Lipinski definition) is 1. The summed E-state index contributed by atoms with van der Waals surface area (Å²) in [6.45, 7) is 3.13. The number of amides is 1. The minimum absolute atomic E-state index is 0.0192. The van der Waals surface area contributed by atoms with Crippen molar-refractivity contribution in [3.8, 4) is 0 Å². The molecule has 0 bridgehead atoms. The first-order chi connectivity index (χ1) is 12.0. The molecule has 11 heteroatoms. The fourth-order valence-electron chi connectivity index (χ4n) is 2.20. The van der Waals surface area contributed by atoms with Crippen LogP contribution in [0.3, 0.4) is 0 Å². The average molecular weight is 369 g/mol. The molecule has 0 unspecified atom stereocenters. The number of likely N-dealkylation sites (N-methyl/N-ethyl adjacent to an activating group) is 1. The number of carbonyl (C=O) groups excluding carboxylic acids is 1. The third-order valence-corrected chi connectivity index (χ3v) is 3.48. The first-order valence-corrected chi connectivity index (χ1v) is 7.58. The minimum atomic E-state index is -1.19. The van der Waals surface area contributed by atoms with Crippen molar-refractivity contribution in [1.29, 1.82) is 0 Å². The molecule has 0 aliphatic rings. The van der Waals surface area contributed by atoms with Gasteiger partial charge in [0.1, 0.15) is 12.6 Å². The zero-order valence-electron chi connectivity index (χ0n) is 14.4. The summed E-state index contributed by atoms with van der Waals surface area (Å²) in [7, 11) is 1.26. The van der Waals surface area contributed by atoms with Crippen molar-refractivity contribution in [2.45, 2.75) is 32.9 Å². The van der Waals surface area contributed by atoms with Gasteiger partial charge in [0.15, 0.2) is 0 Å². The van der Waals surface area contributed by atoms with Crippen LogP contribution in [-0.4, -0.2) is 45.0 Å². The molecule has 1 aromatic carbocycles. The standard InChI is InChI=1S/C15H19N3O8/c1-9(2)4-13(14(19)20)16(3)15(21)26-8-10-5-11(17(22)23)7-12(6-10)18(24)25/h5-7,9,13H,4,8H2,1-3H3,(H,19,20)/t13-/m0/s1. The molecule has 1 aromatic rings. The molecule has 0 fully saturated rings. The number of hydrogen-bond acceptors (Lipinski definition) is 7. The van der Waals surface area contributed by atoms with Crippen LogP contribution in [0.5, 0.6) is 0 Å². The molecule has 0 aliphatic heterocycles. The van der Waals surface area contributed by atoms with Crippen LogP contribution in [0.1, 0.15) is 25.8 Å². The van der Waals surface area contributed by atoms with Gasteiger partial charge < -0.3 is 9.84 Å². The highest BCUT2D eigenvalue weighted by Gasteiger charge is 2.28. The van der Waals surface area contributed by atoms with Crippen molar-refractivity contribution >= 4 is 23.4 Å². The zero-order chi connectivity index (χ0) is 20.0. The Morgan fingerprint density at radius 1 is 1.15 bits per heavy atom. The number of non-ortho nitro benzene ring substituents is 2. The number of nitrogens with zero attached hydrogens (tertiary/aromatic N) is 3. The van der Waals surface area contributed by atoms with Gasteiger partial charge in [0, 0.05) is 24.7 Å². The van der Waals surface area contributed by atoms with Gasteiger partial charge in [-0.3, -0.25) is 25.1 Å². The SMILES string of the molecule is CC(C)C[C@@H](C(=O)O)N(C)C(=O)OCc1cc([N+](=O)[O-])cc([N+](=O)[O-])c1. The number of carboxylic acid groups (broad SMARTS) is 1. The summed E-state index contributed by atoms with van der Waals surface area (Å²) in [5, 5.41) is 30.9. The molecule has 1 N–H and O–H groups in total. The number of nitro groups is 2. The van der Waals surface area contributed by atoms with Gasteiger partial charge in [-0.05, 0) is 12.3 Å². The van der Waals surface area contributed by atoms with E-state index in [2.05, 4.69) is 0 Å². The third-order valence-electron chi connectivity index (χ3n) is 3.48. The molecule has 1 rings (SSSR count). The van der Waals surface area contributed by atoms with E-state index in [1.54, 1.807) is 13.8 Å². The summed E-state index contributed by atoms with van der Waals surface area (Å²) >= 11 is 0. The number of benzene rings is 1. The Morgan fingerprint density at radius 3 is 2.04 bits per heavy atom. The maximum absolute atomic E-state index is 12.1. The molecule has 0 aliphatic carbocycles. The van der Waals surface area contributed by atoms with Crippen LogP contribution in [0.25, 0.3) is 0 Å². The largest absolute Gasteiger partial charge is 0.480 e. The van der Waals surface area contributed by atoms with Crippen molar-refractivity contribution in [1.82, 2.24) is 4.90 Å². The van der Waals surface area contributed by atoms with E-state index in [0.29, 0.717) is 0 Å².